The van der Waals surface area contributed by atoms with Gasteiger partial charge in [-0.1, -0.05) is 12.2 Å². The third-order valence-electron chi connectivity index (χ3n) is 0.575. The van der Waals surface area contributed by atoms with Crippen molar-refractivity contribution in [3.8, 4) is 0 Å². The van der Waals surface area contributed by atoms with Crippen LogP contribution in [0.3, 0.4) is 0 Å². The Morgan fingerprint density at radius 3 is 1.43 bits per heavy atom. The average Bonchev–Trinajstić information content (AvgIpc) is 1.61. The molecule has 0 aliphatic carbocycles. The normalized spacial score (nSPS) is 6.29. The number of allylic oxidation sites excluding steroid dienone is 2. The van der Waals surface area contributed by atoms with Crippen molar-refractivity contribution >= 4 is 0 Å². The van der Waals surface area contributed by atoms with Crippen LogP contribution in [-0.4, -0.2) is 0 Å². The third kappa shape index (κ3) is 10.7. The summed E-state index contributed by atoms with van der Waals surface area (Å²) in [6.45, 7) is 7.10. The zero-order chi connectivity index (χ0) is 4.83. The molecule has 1 heteroatoms. The van der Waals surface area contributed by atoms with Gasteiger partial charge in [0.1, 0.15) is 0 Å². The summed E-state index contributed by atoms with van der Waals surface area (Å²) >= 11 is 0. The van der Waals surface area contributed by atoms with Crippen molar-refractivity contribution in [2.24, 2.45) is 0 Å². The quantitative estimate of drug-likeness (QED) is 0.357. The molecule has 0 unspecified atom stereocenters. The second kappa shape index (κ2) is 9.44. The fraction of sp³-hybridized carbons (Fsp3) is 0.333. The van der Waals surface area contributed by atoms with Crippen LogP contribution in [0.1, 0.15) is 12.8 Å². The van der Waals surface area contributed by atoms with Crippen molar-refractivity contribution in [1.82, 2.24) is 0 Å². The van der Waals surface area contributed by atoms with E-state index in [2.05, 4.69) is 13.2 Å². The maximum absolute atomic E-state index is 3.55. The molecular formula is C6H10Ru+2. The van der Waals surface area contributed by atoms with E-state index in [1.165, 1.54) is 0 Å². The molecule has 0 spiro atoms. The van der Waals surface area contributed by atoms with Crippen molar-refractivity contribution in [3.63, 3.8) is 0 Å². The molecule has 0 bridgehead atoms. The predicted molar refractivity (Wildman–Crippen MR) is 29.6 cm³/mol. The molecule has 0 heterocycles. The molecule has 0 rings (SSSR count). The molecule has 0 aromatic heterocycles. The fourth-order valence-electron chi connectivity index (χ4n) is 0.236. The smallest absolute Gasteiger partial charge is 0.103 e. The summed E-state index contributed by atoms with van der Waals surface area (Å²) in [5, 5.41) is 0. The minimum Gasteiger partial charge on any atom is -0.103 e. The topological polar surface area (TPSA) is 0 Å². The first-order chi connectivity index (χ1) is 2.91. The van der Waals surface area contributed by atoms with Gasteiger partial charge in [0.05, 0.1) is 0 Å². The van der Waals surface area contributed by atoms with E-state index in [0.29, 0.717) is 0 Å². The summed E-state index contributed by atoms with van der Waals surface area (Å²) in [6, 6.07) is 0. The SMILES string of the molecule is C=CCCC=C.[Ru+2]. The zero-order valence-corrected chi connectivity index (χ0v) is 6.07. The van der Waals surface area contributed by atoms with Gasteiger partial charge in [0.15, 0.2) is 0 Å². The number of rotatable bonds is 3. The van der Waals surface area contributed by atoms with Crippen LogP contribution < -0.4 is 0 Å². The number of hydrogen-bond acceptors (Lipinski definition) is 0. The maximum Gasteiger partial charge on any atom is 2.00 e. The van der Waals surface area contributed by atoms with E-state index in [9.17, 15) is 0 Å². The van der Waals surface area contributed by atoms with Crippen LogP contribution in [0.5, 0.6) is 0 Å². The Morgan fingerprint density at radius 2 is 1.29 bits per heavy atom. The summed E-state index contributed by atoms with van der Waals surface area (Å²) < 4.78 is 0. The fourth-order valence-corrected chi connectivity index (χ4v) is 0.236. The second-order valence-corrected chi connectivity index (χ2v) is 1.15. The van der Waals surface area contributed by atoms with Crippen molar-refractivity contribution in [2.75, 3.05) is 0 Å². The molecule has 7 heavy (non-hydrogen) atoms. The van der Waals surface area contributed by atoms with Crippen molar-refractivity contribution in [1.29, 1.82) is 0 Å². The monoisotopic (exact) mass is 184 g/mol. The van der Waals surface area contributed by atoms with Crippen LogP contribution in [0.15, 0.2) is 25.3 Å². The van der Waals surface area contributed by atoms with Gasteiger partial charge in [-0.25, -0.2) is 0 Å². The molecule has 0 saturated carbocycles. The van der Waals surface area contributed by atoms with Gasteiger partial charge in [-0.15, -0.1) is 13.2 Å². The van der Waals surface area contributed by atoms with E-state index >= 15 is 0 Å². The first-order valence-electron chi connectivity index (χ1n) is 2.13. The van der Waals surface area contributed by atoms with E-state index < -0.39 is 0 Å². The third-order valence-corrected chi connectivity index (χ3v) is 0.575. The Morgan fingerprint density at radius 1 is 1.00 bits per heavy atom. The molecule has 0 saturated heterocycles. The molecule has 40 valence electrons. The minimum atomic E-state index is 0. The molecule has 0 amide bonds. The van der Waals surface area contributed by atoms with Crippen LogP contribution in [0.4, 0.5) is 0 Å². The Bertz CT molecular complexity index is 40.1. The molecule has 0 aliphatic heterocycles. The average molecular weight is 183 g/mol. The molecule has 0 aromatic carbocycles. The van der Waals surface area contributed by atoms with Crippen LogP contribution in [0.25, 0.3) is 0 Å². The standard InChI is InChI=1S/C6H10.Ru/c1-3-5-6-4-2;/h3-4H,1-2,5-6H2;/q;+2. The first kappa shape index (κ1) is 10.2. The minimum absolute atomic E-state index is 0. The molecule has 0 aromatic rings. The van der Waals surface area contributed by atoms with Crippen LogP contribution in [0.2, 0.25) is 0 Å². The summed E-state index contributed by atoms with van der Waals surface area (Å²) in [7, 11) is 0. The van der Waals surface area contributed by atoms with Crippen LogP contribution >= 0.6 is 0 Å². The van der Waals surface area contributed by atoms with Crippen LogP contribution in [-0.2, 0) is 19.5 Å². The van der Waals surface area contributed by atoms with Gasteiger partial charge in [0.2, 0.25) is 0 Å². The van der Waals surface area contributed by atoms with E-state index in [1.807, 2.05) is 12.2 Å². The van der Waals surface area contributed by atoms with E-state index in [0.717, 1.165) is 12.8 Å². The summed E-state index contributed by atoms with van der Waals surface area (Å²) in [4.78, 5) is 0. The van der Waals surface area contributed by atoms with Gasteiger partial charge in [0, 0.05) is 0 Å². The zero-order valence-electron chi connectivity index (χ0n) is 4.34. The van der Waals surface area contributed by atoms with Gasteiger partial charge in [0.25, 0.3) is 0 Å². The molecular weight excluding hydrogens is 173 g/mol. The molecule has 0 radical (unpaired) electrons. The number of hydrogen-bond donors (Lipinski definition) is 0. The van der Waals surface area contributed by atoms with Gasteiger partial charge < -0.3 is 0 Å². The first-order valence-corrected chi connectivity index (χ1v) is 2.13. The summed E-state index contributed by atoms with van der Waals surface area (Å²) in [5.41, 5.74) is 0. The number of unbranched alkanes of at least 4 members (excludes halogenated alkanes) is 1. The predicted octanol–water partition coefficient (Wildman–Crippen LogP) is 2.14. The molecule has 0 N–H and O–H groups in total. The largest absolute Gasteiger partial charge is 2.00 e. The molecule has 0 aliphatic rings. The van der Waals surface area contributed by atoms with E-state index in [-0.39, 0.29) is 19.5 Å². The molecule has 0 fully saturated rings. The Labute approximate surface area is 58.1 Å². The maximum atomic E-state index is 3.55. The van der Waals surface area contributed by atoms with E-state index in [4.69, 9.17) is 0 Å². The van der Waals surface area contributed by atoms with Crippen molar-refractivity contribution in [3.05, 3.63) is 25.3 Å². The van der Waals surface area contributed by atoms with E-state index in [1.54, 1.807) is 0 Å². The Balaban J connectivity index is 0. The summed E-state index contributed by atoms with van der Waals surface area (Å²) in [6.07, 6.45) is 5.90. The van der Waals surface area contributed by atoms with Gasteiger partial charge in [-0.2, -0.15) is 0 Å². The van der Waals surface area contributed by atoms with Crippen molar-refractivity contribution in [2.45, 2.75) is 12.8 Å². The van der Waals surface area contributed by atoms with Crippen molar-refractivity contribution < 1.29 is 19.5 Å². The van der Waals surface area contributed by atoms with Gasteiger partial charge in [-0.05, 0) is 12.8 Å². The molecule has 0 nitrogen and oxygen atoms in total. The Kier molecular flexibility index (Phi) is 13.7. The summed E-state index contributed by atoms with van der Waals surface area (Å²) in [5.74, 6) is 0. The second-order valence-electron chi connectivity index (χ2n) is 1.15. The Hall–Kier alpha value is 0.103. The van der Waals surface area contributed by atoms with Crippen LogP contribution in [0, 0.1) is 0 Å². The van der Waals surface area contributed by atoms with Gasteiger partial charge in [-0.3, -0.25) is 0 Å². The molecule has 0 atom stereocenters. The van der Waals surface area contributed by atoms with Gasteiger partial charge >= 0.3 is 19.5 Å².